The minimum absolute atomic E-state index is 0. The van der Waals surface area contributed by atoms with Crippen LogP contribution < -0.4 is 65.5 Å². The maximum Gasteiger partial charge on any atom is 1.00 e. The van der Waals surface area contributed by atoms with Gasteiger partial charge >= 0.3 is 65.2 Å². The van der Waals surface area contributed by atoms with Gasteiger partial charge in [0.05, 0.1) is 6.61 Å². The summed E-state index contributed by atoms with van der Waals surface area (Å²) in [6, 6.07) is 4.83. The Balaban J connectivity index is 0.00000736. The third-order valence-electron chi connectivity index (χ3n) is 8.68. The number of carbonyl (C=O) groups is 1. The molecule has 0 amide bonds. The van der Waals surface area contributed by atoms with Crippen LogP contribution >= 0.6 is 7.82 Å². The summed E-state index contributed by atoms with van der Waals surface area (Å²) in [7, 11) is -4.82. The topological polar surface area (TPSA) is 164 Å². The number of fused-ring (bicyclic) bond motifs is 1. The first-order valence-corrected chi connectivity index (χ1v) is 17.7. The Morgan fingerprint density at radius 2 is 1.67 bits per heavy atom. The van der Waals surface area contributed by atoms with E-state index < -0.39 is 50.9 Å². The van der Waals surface area contributed by atoms with Crippen molar-refractivity contribution in [2.45, 2.75) is 123 Å². The van der Waals surface area contributed by atoms with E-state index in [0.29, 0.717) is 11.7 Å². The Hall–Kier alpha value is -0.664. The summed E-state index contributed by atoms with van der Waals surface area (Å²) in [6.45, 7) is 10.1. The number of phosphoric acid groups is 1. The van der Waals surface area contributed by atoms with E-state index in [1.54, 1.807) is 12.1 Å². The van der Waals surface area contributed by atoms with Crippen LogP contribution in [0, 0.1) is 17.8 Å². The number of hydrogen-bond donors (Lipinski definition) is 3. The molecule has 0 aromatic heterocycles. The van der Waals surface area contributed by atoms with Gasteiger partial charge in [0.25, 0.3) is 0 Å². The van der Waals surface area contributed by atoms with Crippen LogP contribution in [0.15, 0.2) is 29.7 Å². The molecule has 13 heteroatoms. The molecular weight excluding hydrogens is 642 g/mol. The third kappa shape index (κ3) is 13.7. The summed E-state index contributed by atoms with van der Waals surface area (Å²) in [5.41, 5.74) is 0.573. The fraction of sp³-hybridized carbons (Fsp3) is 0.727. The van der Waals surface area contributed by atoms with E-state index in [2.05, 4.69) is 39.4 Å². The van der Waals surface area contributed by atoms with Crippen molar-refractivity contribution in [3.63, 3.8) is 0 Å². The van der Waals surface area contributed by atoms with Gasteiger partial charge in [-0.25, -0.2) is 4.79 Å². The quantitative estimate of drug-likeness (QED) is 0.0600. The fourth-order valence-corrected chi connectivity index (χ4v) is 6.47. The number of aryl methyl sites for hydroxylation is 1. The number of esters is 1. The second kappa shape index (κ2) is 19.5. The minimum Gasteiger partial charge on any atom is -0.746 e. The van der Waals surface area contributed by atoms with Gasteiger partial charge in [-0.1, -0.05) is 72.6 Å². The van der Waals surface area contributed by atoms with E-state index in [0.717, 1.165) is 43.1 Å². The first-order chi connectivity index (χ1) is 21.2. The zero-order valence-corrected chi connectivity index (χ0v) is 32.4. The van der Waals surface area contributed by atoms with Crippen LogP contribution in [0.4, 0.5) is 0 Å². The molecule has 0 fully saturated rings. The molecule has 1 aromatic rings. The summed E-state index contributed by atoms with van der Waals surface area (Å²) in [4.78, 5) is 23.5. The van der Waals surface area contributed by atoms with Gasteiger partial charge in [0.15, 0.2) is 18.7 Å². The maximum absolute atomic E-state index is 12.3. The molecule has 2 aliphatic rings. The van der Waals surface area contributed by atoms with Gasteiger partial charge in [-0.2, -0.15) is 0 Å². The van der Waals surface area contributed by atoms with Gasteiger partial charge in [-0.15, -0.1) is 0 Å². The second-order valence-corrected chi connectivity index (χ2v) is 14.8. The van der Waals surface area contributed by atoms with Gasteiger partial charge in [0.2, 0.25) is 5.76 Å². The zero-order valence-electron chi connectivity index (χ0n) is 28.4. The Morgan fingerprint density at radius 3 is 2.28 bits per heavy atom. The Labute approximate surface area is 316 Å². The molecule has 2 heterocycles. The van der Waals surface area contributed by atoms with Crippen LogP contribution in [-0.2, 0) is 29.8 Å². The summed E-state index contributed by atoms with van der Waals surface area (Å²) in [5, 5.41) is 28.9. The van der Waals surface area contributed by atoms with Crippen LogP contribution in [0.1, 0.15) is 104 Å². The van der Waals surface area contributed by atoms with Gasteiger partial charge in [0, 0.05) is 0 Å². The van der Waals surface area contributed by atoms with Gasteiger partial charge in [0.1, 0.15) is 23.2 Å². The number of aliphatic hydroxyl groups excluding tert-OH is 3. The normalized spacial score (nSPS) is 22.7. The molecule has 11 nitrogen and oxygen atoms in total. The van der Waals surface area contributed by atoms with E-state index in [-0.39, 0.29) is 62.7 Å². The van der Waals surface area contributed by atoms with Crippen molar-refractivity contribution in [3.8, 4) is 11.5 Å². The molecule has 46 heavy (non-hydrogen) atoms. The fourth-order valence-electron chi connectivity index (χ4n) is 5.84. The number of carbonyl (C=O) groups excluding carboxylic acids is 1. The first-order valence-electron chi connectivity index (χ1n) is 16.2. The number of cyclic esters (lactones) is 1. The van der Waals surface area contributed by atoms with E-state index >= 15 is 0 Å². The van der Waals surface area contributed by atoms with Crippen molar-refractivity contribution in [1.29, 1.82) is 0 Å². The predicted molar refractivity (Wildman–Crippen MR) is 167 cm³/mol. The number of rotatable bonds is 20. The van der Waals surface area contributed by atoms with Crippen molar-refractivity contribution in [1.82, 2.24) is 0 Å². The summed E-state index contributed by atoms with van der Waals surface area (Å²) < 4.78 is 38.0. The molecule has 6 atom stereocenters. The SMILES string of the molecule is CC(C)CCCC(C)CCCC(C)CCCC1(C)CCc2cc(OP(=O)([O-])OCOC[C@H](O)[C@H]3OC(=O)C(O)=C3O)ccc2O1.[K+]. The van der Waals surface area contributed by atoms with Gasteiger partial charge in [-0.05, 0) is 74.1 Å². The summed E-state index contributed by atoms with van der Waals surface area (Å²) in [5.74, 6) is 0.0607. The van der Waals surface area contributed by atoms with Crippen molar-refractivity contribution < 1.29 is 104 Å². The van der Waals surface area contributed by atoms with Crippen LogP contribution in [0.2, 0.25) is 0 Å². The number of ether oxygens (including phenoxy) is 3. The molecule has 256 valence electrons. The molecular formula is C33H52KO11P. The molecule has 0 saturated heterocycles. The molecule has 0 radical (unpaired) electrons. The molecule has 3 rings (SSSR count). The largest absolute Gasteiger partial charge is 1.00 e. The van der Waals surface area contributed by atoms with Crippen LogP contribution in [0.5, 0.6) is 11.5 Å². The van der Waals surface area contributed by atoms with E-state index in [4.69, 9.17) is 18.5 Å². The molecule has 0 aliphatic carbocycles. The average molecular weight is 695 g/mol. The molecule has 4 unspecified atom stereocenters. The number of aliphatic hydroxyl groups is 3. The van der Waals surface area contributed by atoms with Crippen molar-refractivity contribution in [2.75, 3.05) is 13.4 Å². The minimum atomic E-state index is -4.82. The van der Waals surface area contributed by atoms with Crippen LogP contribution in [0.3, 0.4) is 0 Å². The third-order valence-corrected chi connectivity index (χ3v) is 9.53. The first kappa shape index (κ1) is 41.5. The molecule has 0 spiro atoms. The average Bonchev–Trinajstić information content (AvgIpc) is 3.22. The van der Waals surface area contributed by atoms with Gasteiger partial charge in [-0.3, -0.25) is 9.09 Å². The van der Waals surface area contributed by atoms with Crippen molar-refractivity contribution in [3.05, 3.63) is 35.3 Å². The smallest absolute Gasteiger partial charge is 0.746 e. The summed E-state index contributed by atoms with van der Waals surface area (Å²) in [6.07, 6.45) is 9.56. The molecule has 0 saturated carbocycles. The molecule has 0 bridgehead atoms. The van der Waals surface area contributed by atoms with Crippen molar-refractivity contribution in [2.24, 2.45) is 17.8 Å². The Kier molecular flexibility index (Phi) is 17.6. The molecule has 1 aromatic carbocycles. The monoisotopic (exact) mass is 694 g/mol. The van der Waals surface area contributed by atoms with Crippen molar-refractivity contribution >= 4 is 13.8 Å². The standard InChI is InChI=1S/C33H53O11P.K/c1-22(2)9-6-10-23(3)11-7-12-24(4)13-8-17-33(5)18-16-25-19-26(14-15-28(25)43-33)44-45(38,39)41-21-40-20-27(34)31-29(35)30(36)32(37)42-31;/h14-15,19,22-24,27,31,34-36H,6-13,16-18,20-21H2,1-5H3,(H,38,39);/q;+1/p-1/t23?,24?,27-,31+,33?;/m0./s1. The Morgan fingerprint density at radius 1 is 1.04 bits per heavy atom. The number of hydrogen-bond acceptors (Lipinski definition) is 11. The maximum atomic E-state index is 12.3. The van der Waals surface area contributed by atoms with E-state index in [1.165, 1.54) is 51.0 Å². The van der Waals surface area contributed by atoms with Crippen LogP contribution in [-0.4, -0.2) is 52.5 Å². The summed E-state index contributed by atoms with van der Waals surface area (Å²) >= 11 is 0. The predicted octanol–water partition coefficient (Wildman–Crippen LogP) is 3.67. The zero-order chi connectivity index (χ0) is 33.2. The number of benzene rings is 1. The van der Waals surface area contributed by atoms with Crippen LogP contribution in [0.25, 0.3) is 0 Å². The van der Waals surface area contributed by atoms with Gasteiger partial charge < -0.3 is 38.9 Å². The van der Waals surface area contributed by atoms with E-state index in [1.807, 2.05) is 0 Å². The Bertz CT molecular complexity index is 1190. The molecule has 2 aliphatic heterocycles. The number of phosphoric ester groups is 1. The second-order valence-electron chi connectivity index (χ2n) is 13.5. The van der Waals surface area contributed by atoms with E-state index in [9.17, 15) is 29.6 Å². The molecule has 3 N–H and O–H groups in total.